The Morgan fingerprint density at radius 2 is 1.76 bits per heavy atom. The molecule has 3 aromatic rings. The number of aromatic nitrogens is 3. The van der Waals surface area contributed by atoms with Gasteiger partial charge in [0, 0.05) is 22.9 Å². The van der Waals surface area contributed by atoms with Gasteiger partial charge in [0.15, 0.2) is 0 Å². The zero-order valence-electron chi connectivity index (χ0n) is 17.4. The summed E-state index contributed by atoms with van der Waals surface area (Å²) in [5, 5.41) is 7.99. The standard InChI is InChI=1S/C23H26N4O2/c1-23(2,3)19-14-16(18-7-6-12-25-22(18)29-5)13-15(21(19)28-4)8-9-17-10-11-20(24)27-26-17/h6-14H,1-5H3,(H2,24,27). The molecule has 0 aliphatic carbocycles. The number of methoxy groups -OCH3 is 2. The molecule has 29 heavy (non-hydrogen) atoms. The third-order valence-corrected chi connectivity index (χ3v) is 4.54. The smallest absolute Gasteiger partial charge is 0.221 e. The molecule has 0 saturated carbocycles. The number of nitrogens with zero attached hydrogens (tertiary/aromatic N) is 3. The van der Waals surface area contributed by atoms with Crippen LogP contribution in [-0.2, 0) is 5.41 Å². The van der Waals surface area contributed by atoms with E-state index in [9.17, 15) is 0 Å². The van der Waals surface area contributed by atoms with Gasteiger partial charge in [0.05, 0.1) is 19.9 Å². The maximum absolute atomic E-state index is 5.80. The van der Waals surface area contributed by atoms with Crippen molar-refractivity contribution in [2.75, 3.05) is 20.0 Å². The van der Waals surface area contributed by atoms with Crippen molar-refractivity contribution in [3.63, 3.8) is 0 Å². The van der Waals surface area contributed by atoms with E-state index in [0.717, 1.165) is 28.0 Å². The van der Waals surface area contributed by atoms with Gasteiger partial charge < -0.3 is 15.2 Å². The normalized spacial score (nSPS) is 11.6. The number of hydrogen-bond donors (Lipinski definition) is 1. The molecule has 0 unspecified atom stereocenters. The lowest BCUT2D eigenvalue weighted by atomic mass is 9.83. The van der Waals surface area contributed by atoms with E-state index < -0.39 is 0 Å². The van der Waals surface area contributed by atoms with Crippen molar-refractivity contribution in [2.24, 2.45) is 0 Å². The maximum Gasteiger partial charge on any atom is 0.221 e. The second-order valence-corrected chi connectivity index (χ2v) is 7.67. The Hall–Kier alpha value is -3.41. The van der Waals surface area contributed by atoms with E-state index in [-0.39, 0.29) is 5.41 Å². The van der Waals surface area contributed by atoms with Crippen LogP contribution in [0.5, 0.6) is 11.6 Å². The van der Waals surface area contributed by atoms with Crippen molar-refractivity contribution in [3.8, 4) is 22.8 Å². The van der Waals surface area contributed by atoms with Crippen LogP contribution in [0.4, 0.5) is 5.82 Å². The number of hydrogen-bond acceptors (Lipinski definition) is 6. The van der Waals surface area contributed by atoms with Crippen LogP contribution < -0.4 is 15.2 Å². The van der Waals surface area contributed by atoms with Gasteiger partial charge in [0.25, 0.3) is 0 Å². The van der Waals surface area contributed by atoms with Gasteiger partial charge in [-0.15, -0.1) is 10.2 Å². The molecule has 0 radical (unpaired) electrons. The molecule has 150 valence electrons. The second-order valence-electron chi connectivity index (χ2n) is 7.67. The lowest BCUT2D eigenvalue weighted by Gasteiger charge is -2.25. The molecule has 6 heteroatoms. The van der Waals surface area contributed by atoms with Crippen molar-refractivity contribution in [1.29, 1.82) is 0 Å². The largest absolute Gasteiger partial charge is 0.496 e. The molecule has 1 aromatic carbocycles. The topological polar surface area (TPSA) is 83.2 Å². The summed E-state index contributed by atoms with van der Waals surface area (Å²) in [4.78, 5) is 4.34. The van der Waals surface area contributed by atoms with Gasteiger partial charge in [-0.3, -0.25) is 0 Å². The Morgan fingerprint density at radius 3 is 2.38 bits per heavy atom. The second kappa shape index (κ2) is 8.31. The van der Waals surface area contributed by atoms with E-state index in [0.29, 0.717) is 17.4 Å². The van der Waals surface area contributed by atoms with Gasteiger partial charge >= 0.3 is 0 Å². The predicted molar refractivity (Wildman–Crippen MR) is 117 cm³/mol. The van der Waals surface area contributed by atoms with Gasteiger partial charge in [0.1, 0.15) is 11.6 Å². The molecule has 0 aliphatic rings. The van der Waals surface area contributed by atoms with E-state index in [4.69, 9.17) is 15.2 Å². The maximum atomic E-state index is 5.80. The molecule has 2 N–H and O–H groups in total. The number of anilines is 1. The van der Waals surface area contributed by atoms with Gasteiger partial charge in [-0.05, 0) is 59.5 Å². The fraction of sp³-hybridized carbons (Fsp3) is 0.261. The zero-order chi connectivity index (χ0) is 21.0. The highest BCUT2D eigenvalue weighted by atomic mass is 16.5. The van der Waals surface area contributed by atoms with Crippen molar-refractivity contribution in [3.05, 3.63) is 59.4 Å². The van der Waals surface area contributed by atoms with E-state index in [1.54, 1.807) is 26.5 Å². The Balaban J connectivity index is 2.19. The third-order valence-electron chi connectivity index (χ3n) is 4.54. The van der Waals surface area contributed by atoms with Crippen molar-refractivity contribution in [1.82, 2.24) is 15.2 Å². The average molecular weight is 390 g/mol. The summed E-state index contributed by atoms with van der Waals surface area (Å²) in [6.45, 7) is 6.48. The monoisotopic (exact) mass is 390 g/mol. The van der Waals surface area contributed by atoms with Gasteiger partial charge in [-0.2, -0.15) is 0 Å². The number of benzene rings is 1. The summed E-state index contributed by atoms with van der Waals surface area (Å²) >= 11 is 0. The molecule has 2 aromatic heterocycles. The molecule has 0 saturated heterocycles. The summed E-state index contributed by atoms with van der Waals surface area (Å²) in [6, 6.07) is 11.6. The van der Waals surface area contributed by atoms with Crippen LogP contribution in [0.25, 0.3) is 23.3 Å². The van der Waals surface area contributed by atoms with E-state index in [1.807, 2.05) is 30.4 Å². The van der Waals surface area contributed by atoms with Crippen LogP contribution >= 0.6 is 0 Å². The van der Waals surface area contributed by atoms with Crippen LogP contribution in [0.1, 0.15) is 37.6 Å². The quantitative estimate of drug-likeness (QED) is 0.685. The Morgan fingerprint density at radius 1 is 0.966 bits per heavy atom. The molecular weight excluding hydrogens is 364 g/mol. The Kier molecular flexibility index (Phi) is 5.82. The minimum Gasteiger partial charge on any atom is -0.496 e. The molecular formula is C23H26N4O2. The SMILES string of the molecule is COc1ncccc1-c1cc(C=Cc2ccc(N)nn2)c(OC)c(C(C)(C)C)c1. The van der Waals surface area contributed by atoms with Crippen LogP contribution in [0, 0.1) is 0 Å². The third kappa shape index (κ3) is 4.54. The van der Waals surface area contributed by atoms with E-state index >= 15 is 0 Å². The van der Waals surface area contributed by atoms with Crippen LogP contribution in [0.15, 0.2) is 42.6 Å². The molecule has 3 rings (SSSR count). The number of ether oxygens (including phenoxy) is 2. The Labute approximate surface area is 171 Å². The van der Waals surface area contributed by atoms with Gasteiger partial charge in [-0.1, -0.05) is 20.8 Å². The summed E-state index contributed by atoms with van der Waals surface area (Å²) in [7, 11) is 3.32. The molecule has 0 amide bonds. The summed E-state index contributed by atoms with van der Waals surface area (Å²) < 4.78 is 11.3. The number of rotatable bonds is 5. The summed E-state index contributed by atoms with van der Waals surface area (Å²) in [5.41, 5.74) is 10.2. The van der Waals surface area contributed by atoms with Crippen LogP contribution in [0.2, 0.25) is 0 Å². The highest BCUT2D eigenvalue weighted by Crippen LogP contribution is 2.40. The molecule has 0 spiro atoms. The first kappa shape index (κ1) is 20.3. The summed E-state index contributed by atoms with van der Waals surface area (Å²) in [5.74, 6) is 1.79. The highest BCUT2D eigenvalue weighted by Gasteiger charge is 2.23. The van der Waals surface area contributed by atoms with Crippen molar-refractivity contribution >= 4 is 18.0 Å². The van der Waals surface area contributed by atoms with Crippen molar-refractivity contribution in [2.45, 2.75) is 26.2 Å². The first-order chi connectivity index (χ1) is 13.8. The highest BCUT2D eigenvalue weighted by molar-refractivity contribution is 5.79. The minimum atomic E-state index is -0.125. The van der Waals surface area contributed by atoms with Gasteiger partial charge in [-0.25, -0.2) is 4.98 Å². The zero-order valence-corrected chi connectivity index (χ0v) is 17.4. The van der Waals surface area contributed by atoms with E-state index in [1.165, 1.54) is 0 Å². The predicted octanol–water partition coefficient (Wildman–Crippen LogP) is 4.61. The number of nitrogen functional groups attached to an aromatic ring is 1. The molecule has 2 heterocycles. The molecule has 6 nitrogen and oxygen atoms in total. The fourth-order valence-corrected chi connectivity index (χ4v) is 3.11. The number of nitrogens with two attached hydrogens (primary N) is 1. The van der Waals surface area contributed by atoms with Gasteiger partial charge in [0.2, 0.25) is 5.88 Å². The first-order valence-electron chi connectivity index (χ1n) is 9.32. The average Bonchev–Trinajstić information content (AvgIpc) is 2.72. The Bertz CT molecular complexity index is 1020. The lowest BCUT2D eigenvalue weighted by molar-refractivity contribution is 0.396. The molecule has 0 atom stereocenters. The fourth-order valence-electron chi connectivity index (χ4n) is 3.11. The lowest BCUT2D eigenvalue weighted by Crippen LogP contribution is -2.14. The summed E-state index contributed by atoms with van der Waals surface area (Å²) in [6.07, 6.45) is 5.58. The molecule has 0 fully saturated rings. The molecule has 0 bridgehead atoms. The van der Waals surface area contributed by atoms with Crippen LogP contribution in [0.3, 0.4) is 0 Å². The van der Waals surface area contributed by atoms with E-state index in [2.05, 4.69) is 48.1 Å². The number of pyridine rings is 1. The first-order valence-corrected chi connectivity index (χ1v) is 9.32. The molecule has 0 aliphatic heterocycles. The van der Waals surface area contributed by atoms with Crippen molar-refractivity contribution < 1.29 is 9.47 Å². The van der Waals surface area contributed by atoms with Crippen LogP contribution in [-0.4, -0.2) is 29.4 Å². The minimum absolute atomic E-state index is 0.125.